The molecule has 0 bridgehead atoms. The van der Waals surface area contributed by atoms with E-state index in [2.05, 4.69) is 36.2 Å². The van der Waals surface area contributed by atoms with Crippen LogP contribution in [0.5, 0.6) is 0 Å². The quantitative estimate of drug-likeness (QED) is 0.428. The average molecular weight is 522 g/mol. The highest BCUT2D eigenvalue weighted by Crippen LogP contribution is 2.29. The van der Waals surface area contributed by atoms with E-state index < -0.39 is 10.0 Å². The van der Waals surface area contributed by atoms with Crippen molar-refractivity contribution in [2.24, 2.45) is 0 Å². The lowest BCUT2D eigenvalue weighted by Crippen LogP contribution is -2.49. The van der Waals surface area contributed by atoms with Gasteiger partial charge in [-0.1, -0.05) is 56.9 Å². The largest absolute Gasteiger partial charge is 0.367 e. The van der Waals surface area contributed by atoms with Crippen LogP contribution in [-0.2, 0) is 16.4 Å². The van der Waals surface area contributed by atoms with E-state index in [1.54, 1.807) is 16.4 Å². The molecule has 1 aromatic heterocycles. The standard InChI is InChI=1S/C29H39N5O2S/c1-3-9-23-14-16-25(17-15-23)37(35,36)34-20-18-33(19-21-34)22(2)28-31-27-13-8-7-12-26(27)29(32-28)30-24-10-5-4-6-11-24/h7-8,12-17,22,24H,3-6,9-11,18-21H2,1-2H3,(H,30,31,32). The van der Waals surface area contributed by atoms with Crippen LogP contribution in [-0.4, -0.2) is 59.8 Å². The van der Waals surface area contributed by atoms with E-state index in [0.717, 1.165) is 35.4 Å². The van der Waals surface area contributed by atoms with Gasteiger partial charge in [-0.3, -0.25) is 4.90 Å². The third-order valence-corrected chi connectivity index (χ3v) is 9.77. The van der Waals surface area contributed by atoms with E-state index in [4.69, 9.17) is 9.97 Å². The molecule has 37 heavy (non-hydrogen) atoms. The van der Waals surface area contributed by atoms with E-state index >= 15 is 0 Å². The second kappa shape index (κ2) is 11.5. The summed E-state index contributed by atoms with van der Waals surface area (Å²) in [5.41, 5.74) is 2.12. The number of sulfonamides is 1. The van der Waals surface area contributed by atoms with Gasteiger partial charge in [0.15, 0.2) is 0 Å². The summed E-state index contributed by atoms with van der Waals surface area (Å²) < 4.78 is 28.1. The lowest BCUT2D eigenvalue weighted by Gasteiger charge is -2.37. The highest BCUT2D eigenvalue weighted by atomic mass is 32.2. The molecule has 0 amide bonds. The van der Waals surface area contributed by atoms with E-state index in [-0.39, 0.29) is 6.04 Å². The minimum absolute atomic E-state index is 0.00491. The molecule has 1 N–H and O–H groups in total. The van der Waals surface area contributed by atoms with E-state index in [1.807, 2.05) is 24.3 Å². The fourth-order valence-electron chi connectivity index (χ4n) is 5.59. The summed E-state index contributed by atoms with van der Waals surface area (Å²) >= 11 is 0. The number of rotatable bonds is 8. The summed E-state index contributed by atoms with van der Waals surface area (Å²) in [4.78, 5) is 12.6. The number of piperazine rings is 1. The van der Waals surface area contributed by atoms with Crippen molar-refractivity contribution >= 4 is 26.7 Å². The molecular formula is C29H39N5O2S. The molecule has 1 aliphatic carbocycles. The highest BCUT2D eigenvalue weighted by molar-refractivity contribution is 7.89. The second-order valence-corrected chi connectivity index (χ2v) is 12.4. The van der Waals surface area contributed by atoms with Gasteiger partial charge in [-0.2, -0.15) is 4.31 Å². The Hall–Kier alpha value is -2.55. The van der Waals surface area contributed by atoms with Crippen molar-refractivity contribution < 1.29 is 8.42 Å². The molecule has 2 aromatic carbocycles. The summed E-state index contributed by atoms with van der Waals surface area (Å²) in [5.74, 6) is 1.71. The minimum atomic E-state index is -3.49. The molecule has 1 atom stereocenters. The smallest absolute Gasteiger partial charge is 0.243 e. The number of anilines is 1. The van der Waals surface area contributed by atoms with Gasteiger partial charge >= 0.3 is 0 Å². The molecule has 8 heteroatoms. The third kappa shape index (κ3) is 5.81. The Morgan fingerprint density at radius 2 is 1.65 bits per heavy atom. The molecule has 1 aliphatic heterocycles. The number of hydrogen-bond acceptors (Lipinski definition) is 6. The van der Waals surface area contributed by atoms with E-state index in [1.165, 1.54) is 37.7 Å². The molecule has 1 unspecified atom stereocenters. The number of aryl methyl sites for hydroxylation is 1. The first kappa shape index (κ1) is 26.1. The van der Waals surface area contributed by atoms with Crippen LogP contribution in [0.2, 0.25) is 0 Å². The van der Waals surface area contributed by atoms with Crippen LogP contribution >= 0.6 is 0 Å². The van der Waals surface area contributed by atoms with Crippen molar-refractivity contribution in [2.45, 2.75) is 75.8 Å². The van der Waals surface area contributed by atoms with Crippen LogP contribution in [0.15, 0.2) is 53.4 Å². The highest BCUT2D eigenvalue weighted by Gasteiger charge is 2.31. The van der Waals surface area contributed by atoms with Gasteiger partial charge in [0, 0.05) is 37.6 Å². The van der Waals surface area contributed by atoms with Crippen molar-refractivity contribution in [3.05, 3.63) is 59.9 Å². The maximum atomic E-state index is 13.3. The van der Waals surface area contributed by atoms with Gasteiger partial charge < -0.3 is 5.32 Å². The topological polar surface area (TPSA) is 78.4 Å². The van der Waals surface area contributed by atoms with Gasteiger partial charge in [0.2, 0.25) is 10.0 Å². The molecule has 3 aromatic rings. The van der Waals surface area contributed by atoms with Crippen molar-refractivity contribution in [2.75, 3.05) is 31.5 Å². The molecule has 198 valence electrons. The van der Waals surface area contributed by atoms with Crippen LogP contribution in [0.3, 0.4) is 0 Å². The zero-order valence-corrected chi connectivity index (χ0v) is 22.9. The van der Waals surface area contributed by atoms with Crippen LogP contribution in [0.1, 0.15) is 69.8 Å². The van der Waals surface area contributed by atoms with E-state index in [0.29, 0.717) is 37.1 Å². The Morgan fingerprint density at radius 3 is 2.35 bits per heavy atom. The van der Waals surface area contributed by atoms with Gasteiger partial charge in [-0.15, -0.1) is 0 Å². The van der Waals surface area contributed by atoms with Gasteiger partial charge in [0.05, 0.1) is 16.5 Å². The van der Waals surface area contributed by atoms with Gasteiger partial charge in [0.25, 0.3) is 0 Å². The molecule has 1 saturated heterocycles. The van der Waals surface area contributed by atoms with Gasteiger partial charge in [-0.25, -0.2) is 18.4 Å². The molecule has 0 radical (unpaired) electrons. The van der Waals surface area contributed by atoms with Crippen molar-refractivity contribution in [1.82, 2.24) is 19.2 Å². The summed E-state index contributed by atoms with van der Waals surface area (Å²) in [5, 5.41) is 4.78. The maximum Gasteiger partial charge on any atom is 0.243 e. The Morgan fingerprint density at radius 1 is 0.946 bits per heavy atom. The predicted molar refractivity (Wildman–Crippen MR) is 149 cm³/mol. The maximum absolute atomic E-state index is 13.3. The first-order chi connectivity index (χ1) is 18.0. The first-order valence-corrected chi connectivity index (χ1v) is 15.3. The van der Waals surface area contributed by atoms with Crippen LogP contribution in [0, 0.1) is 0 Å². The van der Waals surface area contributed by atoms with E-state index in [9.17, 15) is 8.42 Å². The second-order valence-electron chi connectivity index (χ2n) is 10.4. The van der Waals surface area contributed by atoms with Crippen molar-refractivity contribution in [1.29, 1.82) is 0 Å². The van der Waals surface area contributed by atoms with Crippen molar-refractivity contribution in [3.8, 4) is 0 Å². The normalized spacial score (nSPS) is 19.2. The molecular weight excluding hydrogens is 482 g/mol. The average Bonchev–Trinajstić information content (AvgIpc) is 2.94. The predicted octanol–water partition coefficient (Wildman–Crippen LogP) is 5.39. The minimum Gasteiger partial charge on any atom is -0.367 e. The molecule has 7 nitrogen and oxygen atoms in total. The number of nitrogens with zero attached hydrogens (tertiary/aromatic N) is 4. The fraction of sp³-hybridized carbons (Fsp3) is 0.517. The Balaban J connectivity index is 1.29. The van der Waals surface area contributed by atoms with Crippen LogP contribution in [0.25, 0.3) is 10.9 Å². The zero-order valence-electron chi connectivity index (χ0n) is 22.1. The summed E-state index contributed by atoms with van der Waals surface area (Å²) in [6.45, 7) is 6.48. The molecule has 2 fully saturated rings. The molecule has 1 saturated carbocycles. The third-order valence-electron chi connectivity index (χ3n) is 7.86. The Bertz CT molecular complexity index is 1300. The summed E-state index contributed by atoms with van der Waals surface area (Å²) in [7, 11) is -3.49. The van der Waals surface area contributed by atoms with Gasteiger partial charge in [0.1, 0.15) is 11.6 Å². The monoisotopic (exact) mass is 521 g/mol. The molecule has 5 rings (SSSR count). The zero-order chi connectivity index (χ0) is 25.8. The fourth-order valence-corrected chi connectivity index (χ4v) is 7.01. The Labute approximate surface area is 221 Å². The molecule has 0 spiro atoms. The van der Waals surface area contributed by atoms with Crippen LogP contribution in [0.4, 0.5) is 5.82 Å². The van der Waals surface area contributed by atoms with Gasteiger partial charge in [-0.05, 0) is 56.0 Å². The van der Waals surface area contributed by atoms with Crippen molar-refractivity contribution in [3.63, 3.8) is 0 Å². The number of nitrogens with one attached hydrogen (secondary N) is 1. The molecule has 2 heterocycles. The van der Waals surface area contributed by atoms with Crippen LogP contribution < -0.4 is 5.32 Å². The lowest BCUT2D eigenvalue weighted by molar-refractivity contribution is 0.141. The lowest BCUT2D eigenvalue weighted by atomic mass is 9.95. The molecule has 2 aliphatic rings. The Kier molecular flexibility index (Phi) is 8.07. The number of hydrogen-bond donors (Lipinski definition) is 1. The number of aromatic nitrogens is 2. The number of para-hydroxylation sites is 1. The summed E-state index contributed by atoms with van der Waals surface area (Å²) in [6, 6.07) is 16.0. The first-order valence-electron chi connectivity index (χ1n) is 13.8. The number of fused-ring (bicyclic) bond motifs is 1. The SMILES string of the molecule is CCCc1ccc(S(=O)(=O)N2CCN(C(C)c3nc(NC4CCCCC4)c4ccccc4n3)CC2)cc1. The summed E-state index contributed by atoms with van der Waals surface area (Å²) in [6.07, 6.45) is 8.22. The number of benzene rings is 2.